The Hall–Kier alpha value is -4.51. The van der Waals surface area contributed by atoms with Gasteiger partial charge in [-0.05, 0) is 61.0 Å². The molecule has 3 N–H and O–H groups in total. The number of unbranched alkanes of at least 4 members (excludes halogenated alkanes) is 15. The van der Waals surface area contributed by atoms with E-state index >= 15 is 0 Å². The number of hydrazone groups is 1. The van der Waals surface area contributed by atoms with Crippen LogP contribution in [-0.2, 0) is 25.0 Å². The smallest absolute Gasteiger partial charge is 0.294 e. The third-order valence-corrected chi connectivity index (χ3v) is 10.9. The number of azo groups is 1. The van der Waals surface area contributed by atoms with E-state index in [1.165, 1.54) is 89.9 Å². The molecule has 3 aromatic rings. The average molecular weight is 812 g/mol. The van der Waals surface area contributed by atoms with E-state index in [0.29, 0.717) is 41.9 Å². The molecule has 4 rings (SSSR count). The molecule has 1 heterocycles. The molecule has 0 saturated heterocycles. The molecule has 1 aliphatic rings. The number of amidine groups is 1. The van der Waals surface area contributed by atoms with Gasteiger partial charge in [-0.2, -0.15) is 32.1 Å². The van der Waals surface area contributed by atoms with E-state index < -0.39 is 53.4 Å². The second-order valence-corrected chi connectivity index (χ2v) is 16.7. The van der Waals surface area contributed by atoms with Gasteiger partial charge in [0.25, 0.3) is 32.1 Å². The number of amides is 2. The first-order valence-electron chi connectivity index (χ1n) is 19.4. The molecule has 0 saturated carbocycles. The minimum absolute atomic E-state index is 0.294. The number of ether oxygens (including phenoxy) is 1. The SMILES string of the molecule is CCCCCCCCCCCCCCCCCCOc1ccc(N=NC2C(=O)N(c3ccccc3)N=C2NC(=O)c2cc(S(=O)(=O)O)cc(S(=O)(=O)O)c2)cc1. The average Bonchev–Trinajstić information content (AvgIpc) is 3.48. The fourth-order valence-corrected chi connectivity index (χ4v) is 7.34. The summed E-state index contributed by atoms with van der Waals surface area (Å²) in [4.78, 5) is 24.8. The van der Waals surface area contributed by atoms with E-state index in [9.17, 15) is 35.5 Å². The van der Waals surface area contributed by atoms with Crippen molar-refractivity contribution in [3.05, 3.63) is 78.4 Å². The maximum Gasteiger partial charge on any atom is 0.294 e. The number of nitrogens with zero attached hydrogens (tertiary/aromatic N) is 4. The van der Waals surface area contributed by atoms with Crippen LogP contribution in [0.5, 0.6) is 5.75 Å². The van der Waals surface area contributed by atoms with E-state index in [1.54, 1.807) is 54.6 Å². The molecule has 1 unspecified atom stereocenters. The van der Waals surface area contributed by atoms with Gasteiger partial charge in [0.05, 0.1) is 27.8 Å². The van der Waals surface area contributed by atoms with Crippen molar-refractivity contribution < 1.29 is 40.3 Å². The summed E-state index contributed by atoms with van der Waals surface area (Å²) >= 11 is 0. The Kier molecular flexibility index (Phi) is 17.6. The second kappa shape index (κ2) is 22.3. The molecule has 3 aromatic carbocycles. The third-order valence-electron chi connectivity index (χ3n) is 9.28. The van der Waals surface area contributed by atoms with Crippen molar-refractivity contribution in [2.75, 3.05) is 11.6 Å². The Morgan fingerprint density at radius 1 is 0.732 bits per heavy atom. The van der Waals surface area contributed by atoms with E-state index in [1.807, 2.05) is 0 Å². The van der Waals surface area contributed by atoms with E-state index in [4.69, 9.17) is 4.74 Å². The van der Waals surface area contributed by atoms with Gasteiger partial charge in [-0.15, -0.1) is 5.10 Å². The van der Waals surface area contributed by atoms with Crippen LogP contribution in [0.3, 0.4) is 0 Å². The zero-order valence-electron chi connectivity index (χ0n) is 31.9. The molecular formula is C40H53N5O9S2. The van der Waals surface area contributed by atoms with E-state index in [-0.39, 0.29) is 5.84 Å². The number of carbonyl (C=O) groups is 2. The van der Waals surface area contributed by atoms with Crippen LogP contribution in [0.2, 0.25) is 0 Å². The molecule has 304 valence electrons. The van der Waals surface area contributed by atoms with Gasteiger partial charge in [0.1, 0.15) is 5.75 Å². The lowest BCUT2D eigenvalue weighted by atomic mass is 10.0. The number of hydrogen-bond donors (Lipinski definition) is 3. The summed E-state index contributed by atoms with van der Waals surface area (Å²) in [6, 6.07) is 15.5. The maximum absolute atomic E-state index is 13.5. The quantitative estimate of drug-likeness (QED) is 0.0448. The fourth-order valence-electron chi connectivity index (χ4n) is 6.16. The van der Waals surface area contributed by atoms with Crippen molar-refractivity contribution in [2.24, 2.45) is 15.3 Å². The Labute approximate surface area is 330 Å². The highest BCUT2D eigenvalue weighted by Crippen LogP contribution is 2.25. The number of anilines is 1. The second-order valence-electron chi connectivity index (χ2n) is 13.8. The lowest BCUT2D eigenvalue weighted by Crippen LogP contribution is -2.39. The zero-order valence-corrected chi connectivity index (χ0v) is 33.5. The summed E-state index contributed by atoms with van der Waals surface area (Å²) in [7, 11) is -9.97. The highest BCUT2D eigenvalue weighted by Gasteiger charge is 2.38. The fraction of sp³-hybridized carbons (Fsp3) is 0.475. The molecule has 14 nitrogen and oxygen atoms in total. The largest absolute Gasteiger partial charge is 0.494 e. The Balaban J connectivity index is 1.26. The number of carbonyl (C=O) groups excluding carboxylic acids is 2. The Bertz CT molecular complexity index is 1960. The highest BCUT2D eigenvalue weighted by molar-refractivity contribution is 7.86. The number of nitrogens with one attached hydrogen (secondary N) is 1. The van der Waals surface area contributed by atoms with Gasteiger partial charge in [-0.3, -0.25) is 18.7 Å². The Morgan fingerprint density at radius 3 is 1.73 bits per heavy atom. The van der Waals surface area contributed by atoms with Crippen LogP contribution in [0.4, 0.5) is 11.4 Å². The van der Waals surface area contributed by atoms with Gasteiger partial charge in [0, 0.05) is 5.56 Å². The lowest BCUT2D eigenvalue weighted by molar-refractivity contribution is -0.117. The first kappa shape index (κ1) is 44.2. The van der Waals surface area contributed by atoms with Crippen molar-refractivity contribution in [3.63, 3.8) is 0 Å². The summed E-state index contributed by atoms with van der Waals surface area (Å²) in [6.45, 7) is 2.84. The molecule has 0 bridgehead atoms. The summed E-state index contributed by atoms with van der Waals surface area (Å²) in [5.41, 5.74) is 0.164. The van der Waals surface area contributed by atoms with Gasteiger partial charge < -0.3 is 10.1 Å². The predicted octanol–water partition coefficient (Wildman–Crippen LogP) is 9.06. The molecule has 16 heteroatoms. The summed E-state index contributed by atoms with van der Waals surface area (Å²) < 4.78 is 72.0. The van der Waals surface area contributed by atoms with Gasteiger partial charge in [-0.25, -0.2) is 0 Å². The molecular weight excluding hydrogens is 759 g/mol. The van der Waals surface area contributed by atoms with Crippen LogP contribution in [0.15, 0.2) is 97.9 Å². The van der Waals surface area contributed by atoms with Crippen LogP contribution < -0.4 is 15.1 Å². The van der Waals surface area contributed by atoms with Crippen LogP contribution >= 0.6 is 0 Å². The monoisotopic (exact) mass is 811 g/mol. The number of para-hydroxylation sites is 1. The van der Waals surface area contributed by atoms with Gasteiger partial charge >= 0.3 is 0 Å². The van der Waals surface area contributed by atoms with Crippen molar-refractivity contribution in [3.8, 4) is 5.75 Å². The predicted molar refractivity (Wildman–Crippen MR) is 215 cm³/mol. The number of benzene rings is 3. The standard InChI is InChI=1S/C40H53N5O9S2/c1-2-3-4-5-6-7-8-9-10-11-12-13-14-15-16-20-27-54-34-25-23-32(24-26-34)42-43-37-38(44-45(40(37)47)33-21-18-17-19-22-33)41-39(46)31-28-35(55(48,49)50)30-36(29-31)56(51,52)53/h17-19,21-26,28-30,37H,2-16,20,27H2,1H3,(H,41,44,46)(H,48,49,50)(H,51,52,53). The summed E-state index contributed by atoms with van der Waals surface area (Å²) in [6.07, 6.45) is 20.8. The number of hydrogen-bond acceptors (Lipinski definition) is 10. The molecule has 0 radical (unpaired) electrons. The lowest BCUT2D eigenvalue weighted by Gasteiger charge is -2.11. The molecule has 1 aliphatic heterocycles. The normalized spacial score (nSPS) is 14.7. The first-order valence-corrected chi connectivity index (χ1v) is 22.3. The summed E-state index contributed by atoms with van der Waals surface area (Å²) in [5.74, 6) is -1.41. The highest BCUT2D eigenvalue weighted by atomic mass is 32.2. The van der Waals surface area contributed by atoms with Crippen LogP contribution in [0, 0.1) is 0 Å². The Morgan fingerprint density at radius 2 is 1.23 bits per heavy atom. The van der Waals surface area contributed by atoms with E-state index in [2.05, 4.69) is 27.6 Å². The first-order chi connectivity index (χ1) is 26.9. The molecule has 1 atom stereocenters. The van der Waals surface area contributed by atoms with Crippen molar-refractivity contribution in [1.29, 1.82) is 0 Å². The number of rotatable bonds is 24. The van der Waals surface area contributed by atoms with Crippen molar-refractivity contribution >= 4 is 49.3 Å². The zero-order chi connectivity index (χ0) is 40.4. The minimum atomic E-state index is -4.98. The summed E-state index contributed by atoms with van der Waals surface area (Å²) in [5, 5.41) is 15.9. The minimum Gasteiger partial charge on any atom is -0.494 e. The van der Waals surface area contributed by atoms with E-state index in [0.717, 1.165) is 17.9 Å². The van der Waals surface area contributed by atoms with Crippen LogP contribution in [0.25, 0.3) is 0 Å². The molecule has 2 amide bonds. The maximum atomic E-state index is 13.5. The third kappa shape index (κ3) is 14.5. The van der Waals surface area contributed by atoms with Crippen molar-refractivity contribution in [2.45, 2.75) is 125 Å². The molecule has 0 aromatic heterocycles. The van der Waals surface area contributed by atoms with Crippen molar-refractivity contribution in [1.82, 2.24) is 5.32 Å². The van der Waals surface area contributed by atoms with Crippen LogP contribution in [-0.4, -0.2) is 56.2 Å². The molecule has 0 spiro atoms. The van der Waals surface area contributed by atoms with Gasteiger partial charge in [0.2, 0.25) is 6.04 Å². The topological polar surface area (TPSA) is 204 Å². The molecule has 0 aliphatic carbocycles. The molecule has 56 heavy (non-hydrogen) atoms. The van der Waals surface area contributed by atoms with Gasteiger partial charge in [0.15, 0.2) is 5.84 Å². The van der Waals surface area contributed by atoms with Gasteiger partial charge in [-0.1, -0.05) is 121 Å². The molecule has 0 fully saturated rings. The van der Waals surface area contributed by atoms with Crippen LogP contribution in [0.1, 0.15) is 120 Å².